The van der Waals surface area contributed by atoms with Crippen LogP contribution < -0.4 is 0 Å². The maximum atomic E-state index is 13.3. The van der Waals surface area contributed by atoms with E-state index in [1.165, 1.54) is 6.42 Å². The number of furan rings is 1. The normalized spacial score (nSPS) is 21.9. The summed E-state index contributed by atoms with van der Waals surface area (Å²) in [6, 6.07) is 8.16. The molecule has 2 aromatic rings. The molecule has 0 bridgehead atoms. The van der Waals surface area contributed by atoms with Crippen molar-refractivity contribution in [3.05, 3.63) is 47.9 Å². The van der Waals surface area contributed by atoms with Gasteiger partial charge in [0.25, 0.3) is 5.91 Å². The van der Waals surface area contributed by atoms with Crippen molar-refractivity contribution in [1.82, 2.24) is 4.90 Å². The summed E-state index contributed by atoms with van der Waals surface area (Å²) in [7, 11) is 1.87. The molecule has 1 aliphatic carbocycles. The smallest absolute Gasteiger partial charge is 0.288 e. The summed E-state index contributed by atoms with van der Waals surface area (Å²) >= 11 is 0. The summed E-state index contributed by atoms with van der Waals surface area (Å²) in [6.45, 7) is 0.928. The van der Waals surface area contributed by atoms with Gasteiger partial charge in [0.15, 0.2) is 5.76 Å². The number of benzene rings is 1. The summed E-state index contributed by atoms with van der Waals surface area (Å²) in [6.07, 6.45) is 9.33. The Hall–Kier alpha value is -2.35. The molecule has 1 aromatic heterocycles. The topological polar surface area (TPSA) is 81.4 Å². The first-order valence-corrected chi connectivity index (χ1v) is 11.6. The third kappa shape index (κ3) is 5.34. The minimum Gasteiger partial charge on any atom is -0.464 e. The summed E-state index contributed by atoms with van der Waals surface area (Å²) < 4.78 is 23.0. The molecule has 1 fully saturated rings. The molecule has 0 saturated heterocycles. The van der Waals surface area contributed by atoms with E-state index in [0.29, 0.717) is 25.4 Å². The van der Waals surface area contributed by atoms with E-state index in [-0.39, 0.29) is 31.1 Å². The third-order valence-electron chi connectivity index (χ3n) is 6.39. The number of nitrogens with zero attached hydrogens (tertiary/aromatic N) is 1. The molecular formula is C25H33NO6. The SMILES string of the molecule is CN(C(=O)C1=C[C@H](c2coc3ccccc23)C[C@H](OCCOCCO)O1)C1CCCCC1. The molecule has 0 spiro atoms. The van der Waals surface area contributed by atoms with Crippen LogP contribution in [0.1, 0.15) is 50.0 Å². The number of ether oxygens (including phenoxy) is 3. The number of aliphatic hydroxyl groups excluding tert-OH is 1. The Morgan fingerprint density at radius 3 is 2.78 bits per heavy atom. The molecule has 32 heavy (non-hydrogen) atoms. The molecular weight excluding hydrogens is 410 g/mol. The molecule has 1 aromatic carbocycles. The first-order valence-electron chi connectivity index (χ1n) is 11.6. The van der Waals surface area contributed by atoms with Crippen molar-refractivity contribution in [1.29, 1.82) is 0 Å². The first kappa shape index (κ1) is 22.8. The van der Waals surface area contributed by atoms with Gasteiger partial charge in [0.05, 0.1) is 32.7 Å². The summed E-state index contributed by atoms with van der Waals surface area (Å²) in [5, 5.41) is 9.88. The number of carbonyl (C=O) groups excluding carboxylic acids is 1. The van der Waals surface area contributed by atoms with Gasteiger partial charge < -0.3 is 28.6 Å². The van der Waals surface area contributed by atoms with Gasteiger partial charge in [-0.2, -0.15) is 0 Å². The molecule has 7 heteroatoms. The zero-order chi connectivity index (χ0) is 22.3. The lowest BCUT2D eigenvalue weighted by molar-refractivity contribution is -0.157. The lowest BCUT2D eigenvalue weighted by Gasteiger charge is -2.34. The van der Waals surface area contributed by atoms with E-state index in [9.17, 15) is 4.79 Å². The average molecular weight is 444 g/mol. The second-order valence-electron chi connectivity index (χ2n) is 8.52. The van der Waals surface area contributed by atoms with Crippen LogP contribution >= 0.6 is 0 Å². The predicted molar refractivity (Wildman–Crippen MR) is 120 cm³/mol. The molecule has 4 rings (SSSR count). The fourth-order valence-corrected chi connectivity index (χ4v) is 4.63. The molecule has 2 atom stereocenters. The number of fused-ring (bicyclic) bond motifs is 1. The van der Waals surface area contributed by atoms with Gasteiger partial charge >= 0.3 is 0 Å². The minimum absolute atomic E-state index is 0.0234. The number of hydrogen-bond acceptors (Lipinski definition) is 6. The Balaban J connectivity index is 1.53. The highest BCUT2D eigenvalue weighted by Gasteiger charge is 2.33. The van der Waals surface area contributed by atoms with Gasteiger partial charge in [0, 0.05) is 36.4 Å². The number of carbonyl (C=O) groups is 1. The average Bonchev–Trinajstić information content (AvgIpc) is 3.27. The van der Waals surface area contributed by atoms with Gasteiger partial charge in [-0.05, 0) is 25.0 Å². The van der Waals surface area contributed by atoms with Gasteiger partial charge in [0.2, 0.25) is 6.29 Å². The Morgan fingerprint density at radius 1 is 1.16 bits per heavy atom. The van der Waals surface area contributed by atoms with Crippen LogP contribution in [-0.4, -0.2) is 61.7 Å². The molecule has 1 saturated carbocycles. The van der Waals surface area contributed by atoms with Crippen LogP contribution in [0.15, 0.2) is 46.8 Å². The molecule has 2 heterocycles. The molecule has 174 valence electrons. The van der Waals surface area contributed by atoms with Crippen LogP contribution in [-0.2, 0) is 19.0 Å². The number of aliphatic hydroxyl groups is 1. The van der Waals surface area contributed by atoms with E-state index in [1.807, 2.05) is 42.3 Å². The van der Waals surface area contributed by atoms with Crippen molar-refractivity contribution in [3.63, 3.8) is 0 Å². The van der Waals surface area contributed by atoms with Crippen LogP contribution in [0.3, 0.4) is 0 Å². The van der Waals surface area contributed by atoms with E-state index in [2.05, 4.69) is 0 Å². The highest BCUT2D eigenvalue weighted by Crippen LogP contribution is 2.37. The van der Waals surface area contributed by atoms with Crippen LogP contribution in [0.5, 0.6) is 0 Å². The van der Waals surface area contributed by atoms with E-state index in [4.69, 9.17) is 23.7 Å². The summed E-state index contributed by atoms with van der Waals surface area (Å²) in [5.41, 5.74) is 1.85. The highest BCUT2D eigenvalue weighted by molar-refractivity contribution is 5.92. The van der Waals surface area contributed by atoms with Crippen LogP contribution in [0.25, 0.3) is 11.0 Å². The van der Waals surface area contributed by atoms with Crippen molar-refractivity contribution >= 4 is 16.9 Å². The third-order valence-corrected chi connectivity index (χ3v) is 6.39. The second-order valence-corrected chi connectivity index (χ2v) is 8.52. The number of amides is 1. The van der Waals surface area contributed by atoms with Gasteiger partial charge in [-0.3, -0.25) is 4.79 Å². The van der Waals surface area contributed by atoms with E-state index in [0.717, 1.165) is 42.2 Å². The molecule has 0 radical (unpaired) electrons. The number of likely N-dealkylation sites (N-methyl/N-ethyl adjacent to an activating group) is 1. The Labute approximate surface area is 188 Å². The molecule has 7 nitrogen and oxygen atoms in total. The fraction of sp³-hybridized carbons (Fsp3) is 0.560. The largest absolute Gasteiger partial charge is 0.464 e. The molecule has 1 aliphatic heterocycles. The van der Waals surface area contributed by atoms with Crippen molar-refractivity contribution in [2.75, 3.05) is 33.5 Å². The molecule has 0 unspecified atom stereocenters. The molecule has 1 amide bonds. The lowest BCUT2D eigenvalue weighted by atomic mass is 9.91. The van der Waals surface area contributed by atoms with Crippen molar-refractivity contribution in [3.8, 4) is 0 Å². The number of allylic oxidation sites excluding steroid dienone is 1. The van der Waals surface area contributed by atoms with Crippen molar-refractivity contribution in [2.24, 2.45) is 0 Å². The van der Waals surface area contributed by atoms with Crippen molar-refractivity contribution < 1.29 is 28.5 Å². The zero-order valence-corrected chi connectivity index (χ0v) is 18.7. The lowest BCUT2D eigenvalue weighted by Crippen LogP contribution is -2.41. The zero-order valence-electron chi connectivity index (χ0n) is 18.7. The van der Waals surface area contributed by atoms with Gasteiger partial charge in [-0.25, -0.2) is 0 Å². The maximum absolute atomic E-state index is 13.3. The Morgan fingerprint density at radius 2 is 1.97 bits per heavy atom. The second kappa shape index (κ2) is 11.0. The van der Waals surface area contributed by atoms with Gasteiger partial charge in [0.1, 0.15) is 5.58 Å². The Kier molecular flexibility index (Phi) is 7.84. The maximum Gasteiger partial charge on any atom is 0.288 e. The molecule has 1 N–H and O–H groups in total. The minimum atomic E-state index is -0.560. The van der Waals surface area contributed by atoms with E-state index in [1.54, 1.807) is 6.26 Å². The van der Waals surface area contributed by atoms with Gasteiger partial charge in [-0.1, -0.05) is 37.5 Å². The van der Waals surface area contributed by atoms with Crippen LogP contribution in [0.4, 0.5) is 0 Å². The summed E-state index contributed by atoms with van der Waals surface area (Å²) in [5.74, 6) is 0.176. The quantitative estimate of drug-likeness (QED) is 0.591. The van der Waals surface area contributed by atoms with E-state index < -0.39 is 6.29 Å². The van der Waals surface area contributed by atoms with Crippen LogP contribution in [0, 0.1) is 0 Å². The fourth-order valence-electron chi connectivity index (χ4n) is 4.63. The predicted octanol–water partition coefficient (Wildman–Crippen LogP) is 3.96. The standard InChI is InChI=1S/C25H33NO6/c1-26(19-7-3-2-4-8-19)25(28)23-15-18(16-24(32-23)30-14-13-29-12-11-27)21-17-31-22-10-6-5-9-20(21)22/h5-6,9-10,15,17-19,24,27H,2-4,7-8,11-14,16H2,1H3/t18-,24+/m0/s1. The number of para-hydroxylation sites is 1. The molecule has 2 aliphatic rings. The van der Waals surface area contributed by atoms with Crippen LogP contribution in [0.2, 0.25) is 0 Å². The van der Waals surface area contributed by atoms with Crippen molar-refractivity contribution in [2.45, 2.75) is 56.8 Å². The van der Waals surface area contributed by atoms with Gasteiger partial charge in [-0.15, -0.1) is 0 Å². The Bertz CT molecular complexity index is 916. The van der Waals surface area contributed by atoms with E-state index >= 15 is 0 Å². The summed E-state index contributed by atoms with van der Waals surface area (Å²) in [4.78, 5) is 15.2. The monoisotopic (exact) mass is 443 g/mol. The highest BCUT2D eigenvalue weighted by atomic mass is 16.7. The number of hydrogen-bond donors (Lipinski definition) is 1. The first-order chi connectivity index (χ1) is 15.7. The number of rotatable bonds is 9.